The summed E-state index contributed by atoms with van der Waals surface area (Å²) in [7, 11) is 0. The summed E-state index contributed by atoms with van der Waals surface area (Å²) in [6, 6.07) is 5.49. The van der Waals surface area contributed by atoms with Gasteiger partial charge in [-0.2, -0.15) is 13.2 Å². The molecule has 0 aromatic heterocycles. The van der Waals surface area contributed by atoms with Gasteiger partial charge in [0.1, 0.15) is 0 Å². The van der Waals surface area contributed by atoms with Gasteiger partial charge in [-0.05, 0) is 61.1 Å². The van der Waals surface area contributed by atoms with Gasteiger partial charge in [-0.3, -0.25) is 0 Å². The normalized spacial score (nSPS) is 31.1. The predicted molar refractivity (Wildman–Crippen MR) is 67.4 cm³/mol. The lowest BCUT2D eigenvalue weighted by Gasteiger charge is -2.20. The lowest BCUT2D eigenvalue weighted by Crippen LogP contribution is -2.31. The molecule has 0 aliphatic heterocycles. The van der Waals surface area contributed by atoms with Crippen LogP contribution in [-0.2, 0) is 12.6 Å². The van der Waals surface area contributed by atoms with Crippen LogP contribution >= 0.6 is 0 Å². The van der Waals surface area contributed by atoms with Crippen molar-refractivity contribution >= 4 is 0 Å². The third kappa shape index (κ3) is 2.78. The van der Waals surface area contributed by atoms with Gasteiger partial charge in [-0.1, -0.05) is 12.1 Å². The van der Waals surface area contributed by atoms with Gasteiger partial charge < -0.3 is 5.73 Å². The topological polar surface area (TPSA) is 26.0 Å². The monoisotopic (exact) mass is 269 g/mol. The van der Waals surface area contributed by atoms with Crippen LogP contribution in [-0.4, -0.2) is 6.04 Å². The molecule has 0 radical (unpaired) electrons. The van der Waals surface area contributed by atoms with E-state index >= 15 is 0 Å². The number of fused-ring (bicyclic) bond motifs is 1. The van der Waals surface area contributed by atoms with Crippen LogP contribution in [0.2, 0.25) is 0 Å². The summed E-state index contributed by atoms with van der Waals surface area (Å²) in [4.78, 5) is 0. The first kappa shape index (κ1) is 13.0. The summed E-state index contributed by atoms with van der Waals surface area (Å²) in [6.07, 6.45) is 0.220. The lowest BCUT2D eigenvalue weighted by atomic mass is 9.90. The Morgan fingerprint density at radius 1 is 1.05 bits per heavy atom. The molecule has 0 spiro atoms. The van der Waals surface area contributed by atoms with E-state index in [1.807, 2.05) is 0 Å². The molecule has 1 aromatic rings. The summed E-state index contributed by atoms with van der Waals surface area (Å²) in [5, 5.41) is 0. The Kier molecular flexibility index (Phi) is 3.08. The van der Waals surface area contributed by atoms with Gasteiger partial charge >= 0.3 is 6.18 Å². The zero-order valence-corrected chi connectivity index (χ0v) is 10.7. The van der Waals surface area contributed by atoms with E-state index in [1.54, 1.807) is 12.1 Å². The Labute approximate surface area is 111 Å². The number of hydrogen-bond acceptors (Lipinski definition) is 1. The fourth-order valence-electron chi connectivity index (χ4n) is 3.38. The van der Waals surface area contributed by atoms with E-state index in [4.69, 9.17) is 5.73 Å². The largest absolute Gasteiger partial charge is 0.416 e. The van der Waals surface area contributed by atoms with Gasteiger partial charge in [0, 0.05) is 6.04 Å². The standard InChI is InChI=1S/C15H18F3N/c16-15(17,18)13-3-1-9(2-4-13)5-14(19)12-7-10-6-11(10)8-12/h1-4,10-12,14H,5-8,19H2. The van der Waals surface area contributed by atoms with Crippen molar-refractivity contribution in [1.82, 2.24) is 0 Å². The molecule has 2 aliphatic carbocycles. The highest BCUT2D eigenvalue weighted by Gasteiger charge is 2.47. The number of hydrogen-bond donors (Lipinski definition) is 1. The Balaban J connectivity index is 1.60. The van der Waals surface area contributed by atoms with Gasteiger partial charge in [-0.15, -0.1) is 0 Å². The summed E-state index contributed by atoms with van der Waals surface area (Å²) in [6.45, 7) is 0. The molecular weight excluding hydrogens is 251 g/mol. The fraction of sp³-hybridized carbons (Fsp3) is 0.600. The average Bonchev–Trinajstić information content (AvgIpc) is 2.95. The molecule has 0 heterocycles. The molecule has 0 saturated heterocycles. The molecule has 3 unspecified atom stereocenters. The average molecular weight is 269 g/mol. The van der Waals surface area contributed by atoms with E-state index in [9.17, 15) is 13.2 Å². The van der Waals surface area contributed by atoms with E-state index in [2.05, 4.69) is 0 Å². The van der Waals surface area contributed by atoms with Crippen molar-refractivity contribution in [2.45, 2.75) is 37.9 Å². The molecule has 19 heavy (non-hydrogen) atoms. The third-order valence-corrected chi connectivity index (χ3v) is 4.64. The maximum atomic E-state index is 12.5. The van der Waals surface area contributed by atoms with Gasteiger partial charge in [0.05, 0.1) is 5.56 Å². The molecule has 3 rings (SSSR count). The van der Waals surface area contributed by atoms with E-state index in [-0.39, 0.29) is 6.04 Å². The van der Waals surface area contributed by atoms with E-state index in [0.717, 1.165) is 29.5 Å². The number of benzene rings is 1. The molecule has 4 heteroatoms. The number of rotatable bonds is 3. The Morgan fingerprint density at radius 3 is 2.16 bits per heavy atom. The van der Waals surface area contributed by atoms with Crippen LogP contribution in [0.3, 0.4) is 0 Å². The van der Waals surface area contributed by atoms with Crippen molar-refractivity contribution < 1.29 is 13.2 Å². The summed E-state index contributed by atoms with van der Waals surface area (Å²) in [5.41, 5.74) is 6.51. The number of nitrogens with two attached hydrogens (primary N) is 1. The minimum atomic E-state index is -4.26. The molecule has 2 aliphatic rings. The summed E-state index contributed by atoms with van der Waals surface area (Å²) < 4.78 is 37.4. The van der Waals surface area contributed by atoms with Crippen LogP contribution in [0.1, 0.15) is 30.4 Å². The van der Waals surface area contributed by atoms with Crippen molar-refractivity contribution in [1.29, 1.82) is 0 Å². The van der Waals surface area contributed by atoms with Gasteiger partial charge in [0.2, 0.25) is 0 Å². The van der Waals surface area contributed by atoms with Crippen molar-refractivity contribution in [3.05, 3.63) is 35.4 Å². The molecule has 2 saturated carbocycles. The van der Waals surface area contributed by atoms with Crippen molar-refractivity contribution in [2.75, 3.05) is 0 Å². The fourth-order valence-corrected chi connectivity index (χ4v) is 3.38. The van der Waals surface area contributed by atoms with Crippen LogP contribution in [0.5, 0.6) is 0 Å². The first-order valence-electron chi connectivity index (χ1n) is 6.85. The molecular formula is C15H18F3N. The quantitative estimate of drug-likeness (QED) is 0.891. The summed E-state index contributed by atoms with van der Waals surface area (Å²) in [5.74, 6) is 2.35. The Hall–Kier alpha value is -1.03. The molecule has 3 atom stereocenters. The van der Waals surface area contributed by atoms with Crippen LogP contribution < -0.4 is 5.73 Å². The predicted octanol–water partition coefficient (Wildman–Crippen LogP) is 3.62. The first-order chi connectivity index (χ1) is 8.93. The smallest absolute Gasteiger partial charge is 0.327 e. The van der Waals surface area contributed by atoms with E-state index in [1.165, 1.54) is 19.3 Å². The van der Waals surface area contributed by atoms with Gasteiger partial charge in [-0.25, -0.2) is 0 Å². The molecule has 2 N–H and O–H groups in total. The van der Waals surface area contributed by atoms with Crippen LogP contribution in [0.25, 0.3) is 0 Å². The Morgan fingerprint density at radius 2 is 1.63 bits per heavy atom. The van der Waals surface area contributed by atoms with Gasteiger partial charge in [0.15, 0.2) is 0 Å². The first-order valence-corrected chi connectivity index (χ1v) is 6.85. The van der Waals surface area contributed by atoms with Crippen molar-refractivity contribution in [3.63, 3.8) is 0 Å². The Bertz CT molecular complexity index is 441. The zero-order chi connectivity index (χ0) is 13.6. The highest BCUT2D eigenvalue weighted by Crippen LogP contribution is 2.55. The van der Waals surface area contributed by atoms with Crippen molar-refractivity contribution in [3.8, 4) is 0 Å². The van der Waals surface area contributed by atoms with E-state index in [0.29, 0.717) is 12.3 Å². The second-order valence-electron chi connectivity index (χ2n) is 6.05. The van der Waals surface area contributed by atoms with Crippen LogP contribution in [0, 0.1) is 17.8 Å². The lowest BCUT2D eigenvalue weighted by molar-refractivity contribution is -0.137. The second-order valence-corrected chi connectivity index (χ2v) is 6.05. The SMILES string of the molecule is NC(Cc1ccc(C(F)(F)F)cc1)C1CC2CC2C1. The second kappa shape index (κ2) is 4.51. The molecule has 0 bridgehead atoms. The number of halogens is 3. The maximum Gasteiger partial charge on any atom is 0.416 e. The highest BCUT2D eigenvalue weighted by molar-refractivity contribution is 5.25. The molecule has 2 fully saturated rings. The molecule has 1 aromatic carbocycles. The van der Waals surface area contributed by atoms with Crippen LogP contribution in [0.15, 0.2) is 24.3 Å². The molecule has 1 nitrogen and oxygen atoms in total. The minimum absolute atomic E-state index is 0.0875. The number of alkyl halides is 3. The molecule has 104 valence electrons. The maximum absolute atomic E-state index is 12.5. The zero-order valence-electron chi connectivity index (χ0n) is 10.7. The summed E-state index contributed by atoms with van der Waals surface area (Å²) >= 11 is 0. The highest BCUT2D eigenvalue weighted by atomic mass is 19.4. The minimum Gasteiger partial charge on any atom is -0.327 e. The molecule has 0 amide bonds. The van der Waals surface area contributed by atoms with Crippen LogP contribution in [0.4, 0.5) is 13.2 Å². The van der Waals surface area contributed by atoms with E-state index < -0.39 is 11.7 Å². The van der Waals surface area contributed by atoms with Crippen molar-refractivity contribution in [2.24, 2.45) is 23.5 Å². The van der Waals surface area contributed by atoms with Gasteiger partial charge in [0.25, 0.3) is 0 Å². The third-order valence-electron chi connectivity index (χ3n) is 4.64.